The minimum Gasteiger partial charge on any atom is -0.324 e. The zero-order chi connectivity index (χ0) is 19.1. The van der Waals surface area contributed by atoms with Crippen LogP contribution in [-0.2, 0) is 11.3 Å². The Bertz CT molecular complexity index is 1260. The Morgan fingerprint density at radius 1 is 1.19 bits per heavy atom. The second-order valence-electron chi connectivity index (χ2n) is 6.42. The lowest BCUT2D eigenvalue weighted by molar-refractivity contribution is -0.116. The van der Waals surface area contributed by atoms with Crippen molar-refractivity contribution in [2.24, 2.45) is 0 Å². The lowest BCUT2D eigenvalue weighted by Gasteiger charge is -2.12. The molecular formula is C19H16ClN5O2. The molecule has 7 nitrogen and oxygen atoms in total. The first-order valence-corrected chi connectivity index (χ1v) is 8.71. The van der Waals surface area contributed by atoms with Crippen molar-refractivity contribution >= 4 is 39.7 Å². The topological polar surface area (TPSA) is 81.3 Å². The molecule has 0 spiro atoms. The molecule has 0 saturated heterocycles. The smallest absolute Gasteiger partial charge is 0.262 e. The van der Waals surface area contributed by atoms with E-state index < -0.39 is 0 Å². The Hall–Kier alpha value is -3.19. The van der Waals surface area contributed by atoms with Crippen molar-refractivity contribution in [2.75, 3.05) is 5.32 Å². The van der Waals surface area contributed by atoms with E-state index in [9.17, 15) is 9.59 Å². The van der Waals surface area contributed by atoms with Gasteiger partial charge < -0.3 is 5.32 Å². The largest absolute Gasteiger partial charge is 0.324 e. The van der Waals surface area contributed by atoms with E-state index in [-0.39, 0.29) is 18.0 Å². The third kappa shape index (κ3) is 3.06. The molecule has 136 valence electrons. The summed E-state index contributed by atoms with van der Waals surface area (Å²) >= 11 is 6.05. The molecule has 0 unspecified atom stereocenters. The standard InChI is InChI=1S/C19H16ClN5O2/c1-11-3-4-12(2)15(7-11)22-17(26)10-24-18-9-21-23-25(18)16-8-13(20)5-6-14(16)19(24)27/h3-9H,10H2,1-2H3,(H,22,26). The molecule has 0 aliphatic rings. The summed E-state index contributed by atoms with van der Waals surface area (Å²) in [5, 5.41) is 11.7. The number of fused-ring (bicyclic) bond motifs is 3. The average molecular weight is 382 g/mol. The summed E-state index contributed by atoms with van der Waals surface area (Å²) in [6.07, 6.45) is 1.45. The third-order valence-corrected chi connectivity index (χ3v) is 4.68. The average Bonchev–Trinajstić information content (AvgIpc) is 3.11. The van der Waals surface area contributed by atoms with Gasteiger partial charge in [-0.3, -0.25) is 14.2 Å². The fourth-order valence-electron chi connectivity index (χ4n) is 3.05. The first kappa shape index (κ1) is 17.2. The van der Waals surface area contributed by atoms with E-state index >= 15 is 0 Å². The molecule has 0 atom stereocenters. The number of amides is 1. The molecule has 0 aliphatic heterocycles. The van der Waals surface area contributed by atoms with Gasteiger partial charge in [0.2, 0.25) is 5.91 Å². The van der Waals surface area contributed by atoms with Crippen molar-refractivity contribution in [2.45, 2.75) is 20.4 Å². The van der Waals surface area contributed by atoms with Crippen molar-refractivity contribution < 1.29 is 4.79 Å². The summed E-state index contributed by atoms with van der Waals surface area (Å²) in [6, 6.07) is 10.7. The SMILES string of the molecule is Cc1ccc(C)c(NC(=O)Cn2c(=O)c3ccc(Cl)cc3n3nncc23)c1. The maximum absolute atomic E-state index is 12.9. The molecule has 4 aromatic rings. The lowest BCUT2D eigenvalue weighted by Crippen LogP contribution is -2.29. The lowest BCUT2D eigenvalue weighted by atomic mass is 10.1. The molecule has 0 saturated carbocycles. The minimum atomic E-state index is -0.304. The number of aryl methyl sites for hydroxylation is 2. The third-order valence-electron chi connectivity index (χ3n) is 4.44. The van der Waals surface area contributed by atoms with Gasteiger partial charge in [-0.15, -0.1) is 5.10 Å². The highest BCUT2D eigenvalue weighted by Gasteiger charge is 2.15. The van der Waals surface area contributed by atoms with Crippen molar-refractivity contribution in [1.29, 1.82) is 0 Å². The summed E-state index contributed by atoms with van der Waals surface area (Å²) < 4.78 is 2.87. The van der Waals surface area contributed by atoms with E-state index in [4.69, 9.17) is 11.6 Å². The zero-order valence-electron chi connectivity index (χ0n) is 14.7. The molecule has 0 bridgehead atoms. The van der Waals surface area contributed by atoms with E-state index in [2.05, 4.69) is 15.6 Å². The number of carbonyl (C=O) groups is 1. The van der Waals surface area contributed by atoms with Crippen LogP contribution in [0.15, 0.2) is 47.4 Å². The van der Waals surface area contributed by atoms with E-state index in [1.54, 1.807) is 18.2 Å². The van der Waals surface area contributed by atoms with Crippen LogP contribution in [0.5, 0.6) is 0 Å². The van der Waals surface area contributed by atoms with Crippen LogP contribution in [0.1, 0.15) is 11.1 Å². The predicted octanol–water partition coefficient (Wildman–Crippen LogP) is 2.95. The molecule has 2 heterocycles. The van der Waals surface area contributed by atoms with Crippen LogP contribution >= 0.6 is 11.6 Å². The maximum Gasteiger partial charge on any atom is 0.262 e. The van der Waals surface area contributed by atoms with Gasteiger partial charge in [0.15, 0.2) is 5.65 Å². The molecule has 0 fully saturated rings. The van der Waals surface area contributed by atoms with Gasteiger partial charge in [0.1, 0.15) is 6.54 Å². The number of rotatable bonds is 3. The van der Waals surface area contributed by atoms with Crippen LogP contribution in [0.25, 0.3) is 16.6 Å². The Kier molecular flexibility index (Phi) is 4.16. The summed E-state index contributed by atoms with van der Waals surface area (Å²) in [7, 11) is 0. The molecule has 8 heteroatoms. The van der Waals surface area contributed by atoms with Crippen molar-refractivity contribution in [3.63, 3.8) is 0 Å². The van der Waals surface area contributed by atoms with Gasteiger partial charge in [-0.1, -0.05) is 28.9 Å². The van der Waals surface area contributed by atoms with Crippen LogP contribution in [-0.4, -0.2) is 25.3 Å². The Morgan fingerprint density at radius 3 is 2.81 bits per heavy atom. The van der Waals surface area contributed by atoms with Gasteiger partial charge in [0.25, 0.3) is 5.56 Å². The minimum absolute atomic E-state index is 0.151. The number of anilines is 1. The van der Waals surface area contributed by atoms with Gasteiger partial charge >= 0.3 is 0 Å². The molecule has 1 N–H and O–H groups in total. The predicted molar refractivity (Wildman–Crippen MR) is 104 cm³/mol. The summed E-state index contributed by atoms with van der Waals surface area (Å²) in [4.78, 5) is 25.5. The Morgan fingerprint density at radius 2 is 2.00 bits per heavy atom. The number of aromatic nitrogens is 4. The van der Waals surface area contributed by atoms with Gasteiger partial charge in [0, 0.05) is 10.7 Å². The Balaban J connectivity index is 1.77. The summed E-state index contributed by atoms with van der Waals surface area (Å²) in [5.41, 5.74) is 3.39. The van der Waals surface area contributed by atoms with Crippen molar-refractivity contribution in [1.82, 2.24) is 19.4 Å². The van der Waals surface area contributed by atoms with Gasteiger partial charge in [-0.25, -0.2) is 0 Å². The number of nitrogens with zero attached hydrogens (tertiary/aromatic N) is 4. The zero-order valence-corrected chi connectivity index (χ0v) is 15.5. The van der Waals surface area contributed by atoms with Crippen LogP contribution < -0.4 is 10.9 Å². The van der Waals surface area contributed by atoms with Crippen LogP contribution in [0, 0.1) is 13.8 Å². The van der Waals surface area contributed by atoms with Crippen LogP contribution in [0.2, 0.25) is 5.02 Å². The van der Waals surface area contributed by atoms with E-state index in [0.717, 1.165) is 16.8 Å². The van der Waals surface area contributed by atoms with Crippen molar-refractivity contribution in [3.05, 3.63) is 69.1 Å². The number of halogens is 1. The first-order valence-electron chi connectivity index (χ1n) is 8.33. The van der Waals surface area contributed by atoms with E-state index in [1.165, 1.54) is 15.3 Å². The molecule has 2 aromatic carbocycles. The first-order chi connectivity index (χ1) is 12.9. The molecule has 0 radical (unpaired) electrons. The number of hydrogen-bond acceptors (Lipinski definition) is 4. The highest BCUT2D eigenvalue weighted by atomic mass is 35.5. The molecule has 4 rings (SSSR count). The van der Waals surface area contributed by atoms with E-state index in [0.29, 0.717) is 21.6 Å². The van der Waals surface area contributed by atoms with Crippen LogP contribution in [0.4, 0.5) is 5.69 Å². The number of carbonyl (C=O) groups excluding carboxylic acids is 1. The number of benzene rings is 2. The highest BCUT2D eigenvalue weighted by Crippen LogP contribution is 2.19. The van der Waals surface area contributed by atoms with E-state index in [1.807, 2.05) is 32.0 Å². The van der Waals surface area contributed by atoms with Gasteiger partial charge in [0.05, 0.1) is 17.1 Å². The van der Waals surface area contributed by atoms with Gasteiger partial charge in [-0.2, -0.15) is 4.52 Å². The number of nitrogens with one attached hydrogen (secondary N) is 1. The highest BCUT2D eigenvalue weighted by molar-refractivity contribution is 6.31. The Labute approximate surface area is 159 Å². The quantitative estimate of drug-likeness (QED) is 0.591. The molecular weight excluding hydrogens is 366 g/mol. The fourth-order valence-corrected chi connectivity index (χ4v) is 3.22. The molecule has 1 amide bonds. The summed E-state index contributed by atoms with van der Waals surface area (Å²) in [6.45, 7) is 3.72. The molecule has 2 aromatic heterocycles. The molecule has 0 aliphatic carbocycles. The van der Waals surface area contributed by atoms with Gasteiger partial charge in [-0.05, 0) is 49.2 Å². The molecule has 27 heavy (non-hydrogen) atoms. The van der Waals surface area contributed by atoms with Crippen LogP contribution in [0.3, 0.4) is 0 Å². The van der Waals surface area contributed by atoms with Crippen molar-refractivity contribution in [3.8, 4) is 0 Å². The second-order valence-corrected chi connectivity index (χ2v) is 6.86. The summed E-state index contributed by atoms with van der Waals surface area (Å²) in [5.74, 6) is -0.304. The number of hydrogen-bond donors (Lipinski definition) is 1. The second kappa shape index (κ2) is 6.51. The monoisotopic (exact) mass is 381 g/mol. The fraction of sp³-hybridized carbons (Fsp3) is 0.158. The maximum atomic E-state index is 12.9. The normalized spacial score (nSPS) is 11.2.